The molecule has 4 aliphatic rings. The van der Waals surface area contributed by atoms with Crippen LogP contribution in [0.2, 0.25) is 0 Å². The summed E-state index contributed by atoms with van der Waals surface area (Å²) in [4.78, 5) is 43.7. The van der Waals surface area contributed by atoms with Crippen LogP contribution in [0, 0.1) is 0 Å². The first-order valence-electron chi connectivity index (χ1n) is 24.1. The first kappa shape index (κ1) is 49.6. The molecule has 3 amide bonds. The Hall–Kier alpha value is -6.31. The first-order valence-corrected chi connectivity index (χ1v) is 24.1. The Labute approximate surface area is 401 Å². The van der Waals surface area contributed by atoms with Gasteiger partial charge >= 0.3 is 6.09 Å². The highest BCUT2D eigenvalue weighted by Crippen LogP contribution is 2.47. The first-order chi connectivity index (χ1) is 32.7. The summed E-state index contributed by atoms with van der Waals surface area (Å²) in [5.41, 5.74) is 5.01. The van der Waals surface area contributed by atoms with Crippen molar-refractivity contribution >= 4 is 29.1 Å². The molecule has 68 heavy (non-hydrogen) atoms. The van der Waals surface area contributed by atoms with Crippen LogP contribution in [-0.2, 0) is 9.47 Å². The molecule has 0 aromatic heterocycles. The van der Waals surface area contributed by atoms with Gasteiger partial charge in [0.05, 0.1) is 0 Å². The van der Waals surface area contributed by atoms with Crippen molar-refractivity contribution in [3.05, 3.63) is 130 Å². The topological polar surface area (TPSA) is 139 Å². The van der Waals surface area contributed by atoms with Crippen LogP contribution in [0.1, 0.15) is 117 Å². The van der Waals surface area contributed by atoms with E-state index >= 15 is 0 Å². The number of phenolic OH excluding ortho intramolecular Hbond substituents is 1. The lowest BCUT2D eigenvalue weighted by Gasteiger charge is -2.43. The minimum Gasteiger partial charge on any atom is -0.507 e. The molecule has 4 aromatic carbocycles. The standard InChI is InChI=1S/C31H40N2O6.C24H28N2O3/c1-7-32(8-2)28(34)22-13-14-24(27(19-22)37-21-36-6)25-20-31(38-26-12-10-9-11-23(25)26)15-17-33(18-16-31)29(35)39-30(3,4)5;1-3-26(4-2)23(28)17-9-10-18(21(27)15-17)20-16-24(11-13-25-14-12-24)29-22-8-6-5-7-19(20)22/h9-14,19-20H,7-8,15-18,21H2,1-6H3;5-10,15-16,25,27H,3-4,11-14H2,1-2H3. The van der Waals surface area contributed by atoms with E-state index in [2.05, 4.69) is 17.5 Å². The maximum absolute atomic E-state index is 13.1. The normalized spacial score (nSPS) is 16.6. The van der Waals surface area contributed by atoms with Crippen LogP contribution in [0.4, 0.5) is 4.79 Å². The zero-order valence-corrected chi connectivity index (χ0v) is 41.0. The lowest BCUT2D eigenvalue weighted by molar-refractivity contribution is -0.00119. The highest BCUT2D eigenvalue weighted by molar-refractivity contribution is 5.97. The highest BCUT2D eigenvalue weighted by Gasteiger charge is 2.42. The second kappa shape index (κ2) is 21.3. The van der Waals surface area contributed by atoms with Gasteiger partial charge in [-0.1, -0.05) is 36.4 Å². The van der Waals surface area contributed by atoms with Crippen LogP contribution in [0.15, 0.2) is 97.1 Å². The number of aromatic hydroxyl groups is 1. The average molecular weight is 929 g/mol. The second-order valence-electron chi connectivity index (χ2n) is 18.6. The minimum absolute atomic E-state index is 0.0406. The van der Waals surface area contributed by atoms with Gasteiger partial charge in [0.25, 0.3) is 11.8 Å². The second-order valence-corrected chi connectivity index (χ2v) is 18.6. The van der Waals surface area contributed by atoms with E-state index in [4.69, 9.17) is 23.7 Å². The predicted molar refractivity (Wildman–Crippen MR) is 264 cm³/mol. The highest BCUT2D eigenvalue weighted by atomic mass is 16.7. The van der Waals surface area contributed by atoms with Crippen molar-refractivity contribution in [2.75, 3.05) is 66.3 Å². The SMILES string of the molecule is CCN(CC)C(=O)c1ccc(C2=CC3(CCN(C(=O)OC(C)(C)C)CC3)Oc3ccccc32)c(OCOC)c1.CCN(CC)C(=O)c1ccc(C2=CC3(CCNCC3)Oc3ccccc32)c(O)c1. The maximum Gasteiger partial charge on any atom is 0.410 e. The van der Waals surface area contributed by atoms with Crippen molar-refractivity contribution in [1.29, 1.82) is 0 Å². The Morgan fingerprint density at radius 3 is 1.66 bits per heavy atom. The van der Waals surface area contributed by atoms with E-state index in [0.717, 1.165) is 70.8 Å². The maximum atomic E-state index is 13.1. The molecule has 0 unspecified atom stereocenters. The summed E-state index contributed by atoms with van der Waals surface area (Å²) < 4.78 is 29.8. The average Bonchev–Trinajstić information content (AvgIpc) is 3.33. The van der Waals surface area contributed by atoms with Gasteiger partial charge in [0, 0.05) is 105 Å². The number of benzene rings is 4. The number of carbonyl (C=O) groups excluding carboxylic acids is 3. The summed E-state index contributed by atoms with van der Waals surface area (Å²) in [6.45, 7) is 18.9. The van der Waals surface area contributed by atoms with E-state index in [9.17, 15) is 19.5 Å². The number of hydrogen-bond acceptors (Lipinski definition) is 10. The minimum atomic E-state index is -0.587. The number of methoxy groups -OCH3 is 1. The smallest absolute Gasteiger partial charge is 0.410 e. The van der Waals surface area contributed by atoms with Crippen molar-refractivity contribution in [1.82, 2.24) is 20.0 Å². The lowest BCUT2D eigenvalue weighted by Crippen LogP contribution is -2.50. The van der Waals surface area contributed by atoms with Crippen LogP contribution in [-0.4, -0.2) is 121 Å². The van der Waals surface area contributed by atoms with E-state index in [1.807, 2.05) is 121 Å². The number of amides is 3. The predicted octanol–water partition coefficient (Wildman–Crippen LogP) is 9.57. The number of nitrogens with one attached hydrogen (secondary N) is 1. The van der Waals surface area contributed by atoms with Crippen molar-refractivity contribution in [3.63, 3.8) is 0 Å². The zero-order valence-electron chi connectivity index (χ0n) is 41.0. The largest absolute Gasteiger partial charge is 0.507 e. The summed E-state index contributed by atoms with van der Waals surface area (Å²) >= 11 is 0. The summed E-state index contributed by atoms with van der Waals surface area (Å²) in [7, 11) is 1.57. The van der Waals surface area contributed by atoms with Crippen molar-refractivity contribution < 1.29 is 43.2 Å². The number of phenols is 1. The molecule has 362 valence electrons. The number of carbonyl (C=O) groups is 3. The van der Waals surface area contributed by atoms with E-state index in [1.165, 1.54) is 0 Å². The third kappa shape index (κ3) is 11.0. The molecule has 0 aliphatic carbocycles. The van der Waals surface area contributed by atoms with Gasteiger partial charge in [-0.25, -0.2) is 4.79 Å². The fraction of sp³-hybridized carbons (Fsp3) is 0.436. The van der Waals surface area contributed by atoms with Crippen LogP contribution in [0.3, 0.4) is 0 Å². The summed E-state index contributed by atoms with van der Waals surface area (Å²) in [6.07, 6.45) is 7.02. The quantitative estimate of drug-likeness (QED) is 0.140. The molecule has 2 fully saturated rings. The number of likely N-dealkylation sites (tertiary alicyclic amines) is 1. The third-order valence-corrected chi connectivity index (χ3v) is 13.0. The van der Waals surface area contributed by atoms with Gasteiger partial charge in [0.1, 0.15) is 39.8 Å². The molecule has 0 saturated carbocycles. The van der Waals surface area contributed by atoms with Gasteiger partial charge in [-0.2, -0.15) is 0 Å². The number of hydrogen-bond donors (Lipinski definition) is 2. The van der Waals surface area contributed by atoms with Gasteiger partial charge in [0.2, 0.25) is 0 Å². The molecular weight excluding hydrogens is 861 g/mol. The fourth-order valence-corrected chi connectivity index (χ4v) is 9.32. The molecule has 13 nitrogen and oxygen atoms in total. The molecule has 2 N–H and O–H groups in total. The van der Waals surface area contributed by atoms with Crippen molar-refractivity contribution in [2.24, 2.45) is 0 Å². The van der Waals surface area contributed by atoms with Crippen LogP contribution < -0.4 is 19.5 Å². The Balaban J connectivity index is 0.000000210. The molecule has 0 bridgehead atoms. The molecule has 4 aliphatic heterocycles. The van der Waals surface area contributed by atoms with Crippen molar-refractivity contribution in [2.45, 2.75) is 91.0 Å². The Bertz CT molecular complexity index is 2500. The van der Waals surface area contributed by atoms with Gasteiger partial charge in [-0.15, -0.1) is 0 Å². The van der Waals surface area contributed by atoms with Crippen LogP contribution in [0.25, 0.3) is 11.1 Å². The fourth-order valence-electron chi connectivity index (χ4n) is 9.32. The van der Waals surface area contributed by atoms with Crippen molar-refractivity contribution in [3.8, 4) is 23.0 Å². The zero-order chi connectivity index (χ0) is 48.6. The van der Waals surface area contributed by atoms with E-state index in [0.29, 0.717) is 69.0 Å². The van der Waals surface area contributed by atoms with Crippen LogP contribution >= 0.6 is 0 Å². The molecule has 0 atom stereocenters. The van der Waals surface area contributed by atoms with Gasteiger partial charge in [-0.3, -0.25) is 9.59 Å². The lowest BCUT2D eigenvalue weighted by atomic mass is 9.82. The number of rotatable bonds is 11. The monoisotopic (exact) mass is 928 g/mol. The van der Waals surface area contributed by atoms with Gasteiger partial charge in [-0.05, 0) is 133 Å². The molecule has 2 spiro atoms. The van der Waals surface area contributed by atoms with E-state index in [1.54, 1.807) is 33.9 Å². The molecule has 8 rings (SSSR count). The molecule has 0 radical (unpaired) electrons. The van der Waals surface area contributed by atoms with Gasteiger partial charge < -0.3 is 48.8 Å². The third-order valence-electron chi connectivity index (χ3n) is 13.0. The number of ether oxygens (including phenoxy) is 5. The number of piperidine rings is 2. The van der Waals surface area contributed by atoms with E-state index in [-0.39, 0.29) is 36.1 Å². The molecular formula is C55H68N4O9. The molecule has 13 heteroatoms. The molecule has 4 aromatic rings. The number of fused-ring (bicyclic) bond motifs is 2. The van der Waals surface area contributed by atoms with Gasteiger partial charge in [0.15, 0.2) is 6.79 Å². The van der Waals surface area contributed by atoms with Crippen LogP contribution in [0.5, 0.6) is 23.0 Å². The summed E-state index contributed by atoms with van der Waals surface area (Å²) in [5.74, 6) is 2.21. The number of nitrogens with zero attached hydrogens (tertiary/aromatic N) is 3. The Morgan fingerprint density at radius 1 is 0.676 bits per heavy atom. The Kier molecular flexibility index (Phi) is 15.6. The van der Waals surface area contributed by atoms with E-state index < -0.39 is 11.2 Å². The summed E-state index contributed by atoms with van der Waals surface area (Å²) in [6, 6.07) is 26.7. The number of para-hydroxylation sites is 2. The Morgan fingerprint density at radius 2 is 1.16 bits per heavy atom. The molecule has 4 heterocycles. The summed E-state index contributed by atoms with van der Waals surface area (Å²) in [5, 5.41) is 14.3. The molecule has 2 saturated heterocycles.